The predicted molar refractivity (Wildman–Crippen MR) is 77.8 cm³/mol. The number of aromatic nitrogens is 1. The normalized spacial score (nSPS) is 18.5. The van der Waals surface area contributed by atoms with Gasteiger partial charge in [-0.05, 0) is 36.1 Å². The molecule has 1 unspecified atom stereocenters. The molecule has 3 nitrogen and oxygen atoms in total. The maximum atomic E-state index is 13.3. The van der Waals surface area contributed by atoms with E-state index >= 15 is 0 Å². The fourth-order valence-electron chi connectivity index (χ4n) is 2.79. The Balaban J connectivity index is 1.91. The number of benzene rings is 1. The van der Waals surface area contributed by atoms with Crippen LogP contribution in [0.3, 0.4) is 0 Å². The third-order valence-electron chi connectivity index (χ3n) is 3.76. The molecule has 0 saturated carbocycles. The second-order valence-electron chi connectivity index (χ2n) is 5.24. The van der Waals surface area contributed by atoms with E-state index in [1.54, 1.807) is 12.3 Å². The quantitative estimate of drug-likeness (QED) is 0.913. The monoisotopic (exact) mass is 271 g/mol. The van der Waals surface area contributed by atoms with Crippen LogP contribution in [-0.4, -0.2) is 11.5 Å². The molecule has 1 atom stereocenters. The van der Waals surface area contributed by atoms with Crippen molar-refractivity contribution < 1.29 is 4.39 Å². The number of nitrogens with zero attached hydrogens (tertiary/aromatic N) is 2. The van der Waals surface area contributed by atoms with E-state index in [1.165, 1.54) is 11.8 Å². The minimum absolute atomic E-state index is 0.0850. The molecule has 4 heteroatoms. The van der Waals surface area contributed by atoms with E-state index in [2.05, 4.69) is 22.0 Å². The second kappa shape index (κ2) is 5.59. The van der Waals surface area contributed by atoms with Gasteiger partial charge in [0, 0.05) is 31.0 Å². The van der Waals surface area contributed by atoms with Crippen LogP contribution in [0.2, 0.25) is 0 Å². The zero-order chi connectivity index (χ0) is 13.9. The Morgan fingerprint density at radius 2 is 2.15 bits per heavy atom. The van der Waals surface area contributed by atoms with Gasteiger partial charge in [0.15, 0.2) is 0 Å². The number of anilines is 1. The molecule has 2 N–H and O–H groups in total. The Morgan fingerprint density at radius 3 is 3.00 bits per heavy atom. The van der Waals surface area contributed by atoms with Crippen molar-refractivity contribution in [3.8, 4) is 0 Å². The molecular formula is C16H18FN3. The van der Waals surface area contributed by atoms with Crippen molar-refractivity contribution >= 4 is 5.69 Å². The maximum Gasteiger partial charge on any atom is 0.141 e. The molecule has 20 heavy (non-hydrogen) atoms. The summed E-state index contributed by atoms with van der Waals surface area (Å²) in [6.45, 7) is 1.59. The largest absolute Gasteiger partial charge is 0.367 e. The van der Waals surface area contributed by atoms with Crippen LogP contribution in [0.1, 0.15) is 30.0 Å². The first-order chi connectivity index (χ1) is 9.74. The predicted octanol–water partition coefficient (Wildman–Crippen LogP) is 3.02. The van der Waals surface area contributed by atoms with Gasteiger partial charge in [-0.2, -0.15) is 0 Å². The van der Waals surface area contributed by atoms with E-state index < -0.39 is 0 Å². The van der Waals surface area contributed by atoms with Crippen molar-refractivity contribution in [2.75, 3.05) is 11.4 Å². The second-order valence-corrected chi connectivity index (χ2v) is 5.24. The van der Waals surface area contributed by atoms with Gasteiger partial charge in [0.05, 0.1) is 6.20 Å². The van der Waals surface area contributed by atoms with Gasteiger partial charge in [0.2, 0.25) is 0 Å². The zero-order valence-electron chi connectivity index (χ0n) is 11.3. The van der Waals surface area contributed by atoms with E-state index in [0.29, 0.717) is 6.54 Å². The first kappa shape index (κ1) is 13.1. The molecule has 0 aliphatic carbocycles. The number of hydrogen-bond donors (Lipinski definition) is 1. The molecule has 0 fully saturated rings. The molecule has 0 bridgehead atoms. The number of pyridine rings is 1. The minimum Gasteiger partial charge on any atom is -0.367 e. The first-order valence-corrected chi connectivity index (χ1v) is 6.93. The molecule has 1 aromatic heterocycles. The van der Waals surface area contributed by atoms with Gasteiger partial charge in [-0.1, -0.05) is 18.2 Å². The average Bonchev–Trinajstić information content (AvgIpc) is 2.60. The lowest BCUT2D eigenvalue weighted by Gasteiger charge is -2.25. The lowest BCUT2D eigenvalue weighted by molar-refractivity contribution is 0.613. The van der Waals surface area contributed by atoms with Crippen molar-refractivity contribution in [3.05, 3.63) is 59.7 Å². The molecule has 2 heterocycles. The lowest BCUT2D eigenvalue weighted by atomic mass is 10.0. The van der Waals surface area contributed by atoms with Gasteiger partial charge < -0.3 is 10.6 Å². The van der Waals surface area contributed by atoms with Crippen molar-refractivity contribution in [1.82, 2.24) is 4.98 Å². The molecule has 104 valence electrons. The SMILES string of the molecule is NC1CCCN(Cc2cncc(F)c2)c2ccccc21. The smallest absolute Gasteiger partial charge is 0.141 e. The van der Waals surface area contributed by atoms with E-state index in [9.17, 15) is 4.39 Å². The molecule has 1 aliphatic heterocycles. The highest BCUT2D eigenvalue weighted by Crippen LogP contribution is 2.32. The molecule has 0 radical (unpaired) electrons. The van der Waals surface area contributed by atoms with Crippen molar-refractivity contribution in [1.29, 1.82) is 0 Å². The van der Waals surface area contributed by atoms with Gasteiger partial charge in [-0.25, -0.2) is 4.39 Å². The summed E-state index contributed by atoms with van der Waals surface area (Å²) in [5.41, 5.74) is 9.44. The van der Waals surface area contributed by atoms with Crippen molar-refractivity contribution in [2.24, 2.45) is 5.73 Å². The Labute approximate surface area is 118 Å². The van der Waals surface area contributed by atoms with E-state index in [1.807, 2.05) is 12.1 Å². The van der Waals surface area contributed by atoms with Crippen LogP contribution < -0.4 is 10.6 Å². The standard InChI is InChI=1S/C16H18FN3/c17-13-8-12(9-19-10-13)11-20-7-3-5-15(18)14-4-1-2-6-16(14)20/h1-2,4,6,8-10,15H,3,5,7,11,18H2. The highest BCUT2D eigenvalue weighted by atomic mass is 19.1. The lowest BCUT2D eigenvalue weighted by Crippen LogP contribution is -2.23. The fourth-order valence-corrected chi connectivity index (χ4v) is 2.79. The molecule has 0 spiro atoms. The molecule has 1 aromatic carbocycles. The maximum absolute atomic E-state index is 13.3. The van der Waals surface area contributed by atoms with Gasteiger partial charge in [0.25, 0.3) is 0 Å². The summed E-state index contributed by atoms with van der Waals surface area (Å²) in [5, 5.41) is 0. The van der Waals surface area contributed by atoms with Crippen LogP contribution in [0, 0.1) is 5.82 Å². The number of fused-ring (bicyclic) bond motifs is 1. The van der Waals surface area contributed by atoms with Crippen LogP contribution in [0.15, 0.2) is 42.7 Å². The Morgan fingerprint density at radius 1 is 1.30 bits per heavy atom. The zero-order valence-corrected chi connectivity index (χ0v) is 11.3. The summed E-state index contributed by atoms with van der Waals surface area (Å²) in [5.74, 6) is -0.290. The van der Waals surface area contributed by atoms with Crippen molar-refractivity contribution in [3.63, 3.8) is 0 Å². The molecule has 0 amide bonds. The van der Waals surface area contributed by atoms with Gasteiger partial charge >= 0.3 is 0 Å². The van der Waals surface area contributed by atoms with Crippen LogP contribution in [0.5, 0.6) is 0 Å². The summed E-state index contributed by atoms with van der Waals surface area (Å²) in [6.07, 6.45) is 4.97. The van der Waals surface area contributed by atoms with Crippen LogP contribution >= 0.6 is 0 Å². The van der Waals surface area contributed by atoms with Crippen LogP contribution in [-0.2, 0) is 6.54 Å². The summed E-state index contributed by atoms with van der Waals surface area (Å²) in [6, 6.07) is 9.84. The number of para-hydroxylation sites is 1. The molecular weight excluding hydrogens is 253 g/mol. The van der Waals surface area contributed by atoms with Crippen LogP contribution in [0.4, 0.5) is 10.1 Å². The Bertz CT molecular complexity index is 600. The summed E-state index contributed by atoms with van der Waals surface area (Å²) >= 11 is 0. The molecule has 2 aromatic rings. The summed E-state index contributed by atoms with van der Waals surface area (Å²) in [7, 11) is 0. The van der Waals surface area contributed by atoms with E-state index in [4.69, 9.17) is 5.73 Å². The number of nitrogens with two attached hydrogens (primary N) is 1. The fraction of sp³-hybridized carbons (Fsp3) is 0.312. The van der Waals surface area contributed by atoms with Gasteiger partial charge in [-0.15, -0.1) is 0 Å². The summed E-state index contributed by atoms with van der Waals surface area (Å²) < 4.78 is 13.3. The van der Waals surface area contributed by atoms with E-state index in [0.717, 1.165) is 30.6 Å². The third-order valence-corrected chi connectivity index (χ3v) is 3.76. The Hall–Kier alpha value is -1.94. The number of rotatable bonds is 2. The number of hydrogen-bond acceptors (Lipinski definition) is 3. The van der Waals surface area contributed by atoms with Crippen LogP contribution in [0.25, 0.3) is 0 Å². The first-order valence-electron chi connectivity index (χ1n) is 6.93. The Kier molecular flexibility index (Phi) is 3.65. The molecule has 3 rings (SSSR count). The van der Waals surface area contributed by atoms with Gasteiger partial charge in [-0.3, -0.25) is 4.98 Å². The molecule has 1 aliphatic rings. The van der Waals surface area contributed by atoms with E-state index in [-0.39, 0.29) is 11.9 Å². The topological polar surface area (TPSA) is 42.1 Å². The summed E-state index contributed by atoms with van der Waals surface area (Å²) in [4.78, 5) is 6.18. The van der Waals surface area contributed by atoms with Gasteiger partial charge in [0.1, 0.15) is 5.82 Å². The third kappa shape index (κ3) is 2.65. The minimum atomic E-state index is -0.290. The number of halogens is 1. The molecule has 0 saturated heterocycles. The average molecular weight is 271 g/mol. The highest BCUT2D eigenvalue weighted by Gasteiger charge is 2.20. The van der Waals surface area contributed by atoms with Crippen molar-refractivity contribution in [2.45, 2.75) is 25.4 Å². The highest BCUT2D eigenvalue weighted by molar-refractivity contribution is 5.56.